The molecule has 0 spiro atoms. The zero-order valence-electron chi connectivity index (χ0n) is 23.9. The molecule has 1 amide bonds. The Hall–Kier alpha value is -4.25. The number of amides is 1. The molecule has 1 N–H and O–H groups in total. The zero-order chi connectivity index (χ0) is 28.9. The van der Waals surface area contributed by atoms with Crippen LogP contribution in [0, 0.1) is 0 Å². The Kier molecular flexibility index (Phi) is 8.53. The summed E-state index contributed by atoms with van der Waals surface area (Å²) in [6, 6.07) is 14.0. The van der Waals surface area contributed by atoms with Gasteiger partial charge in [-0.2, -0.15) is 4.98 Å². The predicted octanol–water partition coefficient (Wildman–Crippen LogP) is 5.86. The fraction of sp³-hybridized carbons (Fsp3) is 0.414. The Morgan fingerprint density at radius 2 is 1.52 bits per heavy atom. The molecule has 1 saturated heterocycles. The van der Waals surface area contributed by atoms with E-state index < -0.39 is 17.4 Å². The number of nitrogens with one attached hydrogen (secondary N) is 1. The van der Waals surface area contributed by atoms with E-state index in [1.54, 1.807) is 73.8 Å². The number of benzene rings is 2. The van der Waals surface area contributed by atoms with Crippen LogP contribution >= 0.6 is 0 Å². The van der Waals surface area contributed by atoms with Crippen LogP contribution in [0.15, 0.2) is 54.7 Å². The molecule has 214 valence electrons. The number of rotatable bonds is 9. The molecule has 4 rings (SSSR count). The molecule has 1 aromatic heterocycles. The van der Waals surface area contributed by atoms with Gasteiger partial charge in [-0.05, 0) is 83.1 Å². The van der Waals surface area contributed by atoms with E-state index in [2.05, 4.69) is 15.3 Å². The minimum atomic E-state index is -0.830. The molecule has 1 atom stereocenters. The molecule has 40 heavy (non-hydrogen) atoms. The van der Waals surface area contributed by atoms with E-state index in [9.17, 15) is 4.79 Å². The number of anilines is 1. The van der Waals surface area contributed by atoms with Gasteiger partial charge in [0.1, 0.15) is 40.0 Å². The van der Waals surface area contributed by atoms with Gasteiger partial charge >= 0.3 is 12.1 Å². The van der Waals surface area contributed by atoms with Crippen LogP contribution in [0.5, 0.6) is 34.9 Å². The SMILES string of the molecule is COc1ccc(Oc2ncc(NC[C@H]3COC(C)(C)N3C(=O)OC(C)(C)C)c(Oc3ccc(OC)cc3)n2)cc1. The average Bonchev–Trinajstić information content (AvgIpc) is 3.22. The van der Waals surface area contributed by atoms with Crippen LogP contribution in [0.2, 0.25) is 0 Å². The van der Waals surface area contributed by atoms with Gasteiger partial charge in [-0.3, -0.25) is 4.90 Å². The summed E-state index contributed by atoms with van der Waals surface area (Å²) in [6.07, 6.45) is 1.12. The van der Waals surface area contributed by atoms with E-state index in [4.69, 9.17) is 28.4 Å². The highest BCUT2D eigenvalue weighted by Gasteiger charge is 2.45. The first kappa shape index (κ1) is 28.8. The Morgan fingerprint density at radius 1 is 0.975 bits per heavy atom. The van der Waals surface area contributed by atoms with Crippen molar-refractivity contribution in [3.05, 3.63) is 54.7 Å². The second-order valence-corrected chi connectivity index (χ2v) is 10.6. The van der Waals surface area contributed by atoms with Crippen LogP contribution in [0.25, 0.3) is 0 Å². The molecule has 0 radical (unpaired) electrons. The molecule has 0 bridgehead atoms. The topological polar surface area (TPSA) is 114 Å². The second-order valence-electron chi connectivity index (χ2n) is 10.6. The maximum Gasteiger partial charge on any atom is 0.412 e. The maximum atomic E-state index is 13.0. The lowest BCUT2D eigenvalue weighted by Crippen LogP contribution is -2.51. The number of nitrogens with zero attached hydrogens (tertiary/aromatic N) is 3. The summed E-state index contributed by atoms with van der Waals surface area (Å²) in [5.74, 6) is 2.72. The minimum absolute atomic E-state index is 0.0972. The Balaban J connectivity index is 1.56. The van der Waals surface area contributed by atoms with Crippen molar-refractivity contribution < 1.29 is 33.2 Å². The molecule has 2 aromatic carbocycles. The highest BCUT2D eigenvalue weighted by molar-refractivity contribution is 5.70. The van der Waals surface area contributed by atoms with Crippen LogP contribution in [-0.2, 0) is 9.47 Å². The van der Waals surface area contributed by atoms with E-state index in [1.165, 1.54) is 0 Å². The van der Waals surface area contributed by atoms with Crippen LogP contribution in [0.1, 0.15) is 34.6 Å². The molecular weight excluding hydrogens is 516 g/mol. The van der Waals surface area contributed by atoms with E-state index in [-0.39, 0.29) is 17.9 Å². The van der Waals surface area contributed by atoms with Crippen molar-refractivity contribution in [1.29, 1.82) is 0 Å². The number of hydrogen-bond donors (Lipinski definition) is 1. The van der Waals surface area contributed by atoms with Crippen molar-refractivity contribution in [3.63, 3.8) is 0 Å². The smallest absolute Gasteiger partial charge is 0.412 e. The number of ether oxygens (including phenoxy) is 6. The normalized spacial score (nSPS) is 16.3. The molecule has 0 unspecified atom stereocenters. The first-order valence-electron chi connectivity index (χ1n) is 12.9. The quantitative estimate of drug-likeness (QED) is 0.346. The molecule has 1 aliphatic heterocycles. The summed E-state index contributed by atoms with van der Waals surface area (Å²) in [7, 11) is 3.19. The van der Waals surface area contributed by atoms with Gasteiger partial charge in [0.2, 0.25) is 5.88 Å². The van der Waals surface area contributed by atoms with Crippen LogP contribution in [0.4, 0.5) is 10.5 Å². The third kappa shape index (κ3) is 7.23. The van der Waals surface area contributed by atoms with Gasteiger partial charge in [-0.15, -0.1) is 0 Å². The summed E-state index contributed by atoms with van der Waals surface area (Å²) < 4.78 is 34.0. The van der Waals surface area contributed by atoms with Gasteiger partial charge in [0.25, 0.3) is 0 Å². The highest BCUT2D eigenvalue weighted by atomic mass is 16.6. The molecular formula is C29H36N4O7. The number of carbonyl (C=O) groups excluding carboxylic acids is 1. The number of carbonyl (C=O) groups is 1. The standard InChI is InChI=1S/C29H36N4O7/c1-28(2,3)40-27(34)33-19(18-37-29(33,4)5)16-30-24-17-31-26(39-23-14-10-21(36-7)11-15-23)32-25(24)38-22-12-8-20(35-6)9-13-22/h8-15,17,19,30H,16,18H2,1-7H3/t19-/m0/s1. The third-order valence-electron chi connectivity index (χ3n) is 5.97. The molecule has 0 aliphatic carbocycles. The van der Waals surface area contributed by atoms with Crippen molar-refractivity contribution >= 4 is 11.8 Å². The largest absolute Gasteiger partial charge is 0.497 e. The number of methoxy groups -OCH3 is 2. The van der Waals surface area contributed by atoms with Crippen LogP contribution in [-0.4, -0.2) is 65.7 Å². The summed E-state index contributed by atoms with van der Waals surface area (Å²) in [5, 5.41) is 3.31. The lowest BCUT2D eigenvalue weighted by Gasteiger charge is -2.35. The summed E-state index contributed by atoms with van der Waals surface area (Å²) in [4.78, 5) is 23.5. The summed E-state index contributed by atoms with van der Waals surface area (Å²) >= 11 is 0. The van der Waals surface area contributed by atoms with Crippen molar-refractivity contribution in [2.45, 2.75) is 52.0 Å². The van der Waals surface area contributed by atoms with E-state index in [1.807, 2.05) is 34.6 Å². The van der Waals surface area contributed by atoms with Gasteiger partial charge in [-0.1, -0.05) is 0 Å². The molecule has 1 aliphatic rings. The molecule has 2 heterocycles. The van der Waals surface area contributed by atoms with Crippen molar-refractivity contribution in [1.82, 2.24) is 14.9 Å². The Bertz CT molecular complexity index is 1290. The van der Waals surface area contributed by atoms with Gasteiger partial charge in [-0.25, -0.2) is 9.78 Å². The molecule has 0 saturated carbocycles. The lowest BCUT2D eigenvalue weighted by molar-refractivity contribution is -0.0620. The Labute approximate surface area is 234 Å². The van der Waals surface area contributed by atoms with Gasteiger partial charge < -0.3 is 33.7 Å². The number of aromatic nitrogens is 2. The average molecular weight is 553 g/mol. The highest BCUT2D eigenvalue weighted by Crippen LogP contribution is 2.33. The third-order valence-corrected chi connectivity index (χ3v) is 5.97. The van der Waals surface area contributed by atoms with Gasteiger partial charge in [0, 0.05) is 6.54 Å². The van der Waals surface area contributed by atoms with E-state index in [0.29, 0.717) is 41.8 Å². The van der Waals surface area contributed by atoms with E-state index in [0.717, 1.165) is 0 Å². The van der Waals surface area contributed by atoms with Crippen LogP contribution < -0.4 is 24.3 Å². The van der Waals surface area contributed by atoms with Crippen LogP contribution in [0.3, 0.4) is 0 Å². The van der Waals surface area contributed by atoms with Crippen molar-refractivity contribution in [2.24, 2.45) is 0 Å². The van der Waals surface area contributed by atoms with E-state index >= 15 is 0 Å². The predicted molar refractivity (Wildman–Crippen MR) is 149 cm³/mol. The van der Waals surface area contributed by atoms with Gasteiger partial charge in [0.15, 0.2) is 0 Å². The second kappa shape index (κ2) is 11.9. The summed E-state index contributed by atoms with van der Waals surface area (Å²) in [6.45, 7) is 9.83. The van der Waals surface area contributed by atoms with Crippen molar-refractivity contribution in [3.8, 4) is 34.9 Å². The summed E-state index contributed by atoms with van der Waals surface area (Å²) in [5.41, 5.74) is -0.962. The van der Waals surface area contributed by atoms with Crippen molar-refractivity contribution in [2.75, 3.05) is 32.7 Å². The molecule has 3 aromatic rings. The fourth-order valence-corrected chi connectivity index (χ4v) is 4.05. The minimum Gasteiger partial charge on any atom is -0.497 e. The molecule has 11 heteroatoms. The number of hydrogen-bond acceptors (Lipinski definition) is 10. The molecule has 11 nitrogen and oxygen atoms in total. The lowest BCUT2D eigenvalue weighted by atomic mass is 10.2. The van der Waals surface area contributed by atoms with Gasteiger partial charge in [0.05, 0.1) is 33.1 Å². The first-order chi connectivity index (χ1) is 19.0. The monoisotopic (exact) mass is 552 g/mol. The first-order valence-corrected chi connectivity index (χ1v) is 12.9. The molecule has 1 fully saturated rings. The zero-order valence-corrected chi connectivity index (χ0v) is 23.9. The Morgan fingerprint density at radius 3 is 2.08 bits per heavy atom. The maximum absolute atomic E-state index is 13.0. The fourth-order valence-electron chi connectivity index (χ4n) is 4.05.